The Morgan fingerprint density at radius 3 is 1.03 bits per heavy atom. The molecule has 0 spiro atoms. The maximum absolute atomic E-state index is 11.6. The second kappa shape index (κ2) is 18.4. The van der Waals surface area contributed by atoms with Gasteiger partial charge in [0.2, 0.25) is 0 Å². The normalized spacial score (nSPS) is 11.4. The number of phenolic OH excluding ortho intramolecular Hbond substituents is 1. The summed E-state index contributed by atoms with van der Waals surface area (Å²) < 4.78 is 0. The van der Waals surface area contributed by atoms with Crippen molar-refractivity contribution in [3.05, 3.63) is 27.8 Å². The first kappa shape index (κ1) is 29.1. The first-order valence-corrected chi connectivity index (χ1v) is 14.5. The van der Waals surface area contributed by atoms with E-state index in [9.17, 15) is 5.11 Å². The number of aromatic hydroxyl groups is 1. The van der Waals surface area contributed by atoms with Gasteiger partial charge in [0, 0.05) is 0 Å². The van der Waals surface area contributed by atoms with Crippen LogP contribution in [0.3, 0.4) is 0 Å². The molecule has 0 heterocycles. The number of unbranched alkanes of at least 4 members (excludes halogenated alkanes) is 10. The summed E-state index contributed by atoms with van der Waals surface area (Å²) in [4.78, 5) is 0. The predicted molar refractivity (Wildman–Crippen MR) is 144 cm³/mol. The van der Waals surface area contributed by atoms with E-state index in [1.165, 1.54) is 114 Å². The van der Waals surface area contributed by atoms with Crippen LogP contribution in [0, 0.1) is 0 Å². The van der Waals surface area contributed by atoms with Gasteiger partial charge in [-0.05, 0) is 92.0 Å². The molecule has 0 radical (unpaired) electrons. The van der Waals surface area contributed by atoms with Crippen LogP contribution in [0.2, 0.25) is 0 Å². The van der Waals surface area contributed by atoms with Crippen LogP contribution in [0.15, 0.2) is 0 Å². The molecule has 0 saturated heterocycles. The highest BCUT2D eigenvalue weighted by molar-refractivity contribution is 5.56. The van der Waals surface area contributed by atoms with Crippen LogP contribution in [0.5, 0.6) is 5.75 Å². The molecular weight excluding hydrogens is 388 g/mol. The van der Waals surface area contributed by atoms with Crippen LogP contribution >= 0.6 is 0 Å². The van der Waals surface area contributed by atoms with Crippen molar-refractivity contribution in [2.24, 2.45) is 0 Å². The third kappa shape index (κ3) is 9.88. The van der Waals surface area contributed by atoms with Crippen molar-refractivity contribution in [2.45, 2.75) is 163 Å². The zero-order valence-corrected chi connectivity index (χ0v) is 22.6. The van der Waals surface area contributed by atoms with Crippen LogP contribution in [0.4, 0.5) is 0 Å². The summed E-state index contributed by atoms with van der Waals surface area (Å²) in [7, 11) is 0. The molecule has 0 saturated carbocycles. The largest absolute Gasteiger partial charge is 0.507 e. The Bertz CT molecular complexity index is 601. The van der Waals surface area contributed by atoms with Gasteiger partial charge in [0.1, 0.15) is 5.75 Å². The van der Waals surface area contributed by atoms with E-state index in [0.29, 0.717) is 5.75 Å². The summed E-state index contributed by atoms with van der Waals surface area (Å²) in [6.45, 7) is 11.5. The second-order valence-electron chi connectivity index (χ2n) is 10.0. The van der Waals surface area contributed by atoms with Gasteiger partial charge in [-0.2, -0.15) is 0 Å². The van der Waals surface area contributed by atoms with Gasteiger partial charge in [-0.15, -0.1) is 0 Å². The van der Waals surface area contributed by atoms with Crippen molar-refractivity contribution in [3.8, 4) is 5.75 Å². The summed E-state index contributed by atoms with van der Waals surface area (Å²) in [5.41, 5.74) is 7.40. The van der Waals surface area contributed by atoms with E-state index in [1.807, 2.05) is 0 Å². The smallest absolute Gasteiger partial charge is 0.122 e. The monoisotopic (exact) mass is 444 g/mol. The van der Waals surface area contributed by atoms with Crippen LogP contribution < -0.4 is 0 Å². The lowest BCUT2D eigenvalue weighted by Gasteiger charge is -2.25. The van der Waals surface area contributed by atoms with Gasteiger partial charge in [-0.3, -0.25) is 0 Å². The molecule has 0 fully saturated rings. The highest BCUT2D eigenvalue weighted by atomic mass is 16.3. The van der Waals surface area contributed by atoms with Gasteiger partial charge in [-0.25, -0.2) is 0 Å². The highest BCUT2D eigenvalue weighted by Crippen LogP contribution is 2.38. The summed E-state index contributed by atoms with van der Waals surface area (Å²) in [5.74, 6) is 0.696. The quantitative estimate of drug-likeness (QED) is 0.198. The lowest BCUT2D eigenvalue weighted by atomic mass is 9.81. The van der Waals surface area contributed by atoms with E-state index in [-0.39, 0.29) is 0 Å². The molecule has 0 atom stereocenters. The molecule has 1 heteroatoms. The molecule has 1 aromatic rings. The third-order valence-corrected chi connectivity index (χ3v) is 7.18. The maximum Gasteiger partial charge on any atom is 0.122 e. The Morgan fingerprint density at radius 2 is 0.625 bits per heavy atom. The van der Waals surface area contributed by atoms with Crippen LogP contribution in [-0.4, -0.2) is 5.11 Å². The number of benzene rings is 1. The molecule has 1 rings (SSSR count). The molecule has 0 aliphatic carbocycles. The molecular formula is C31H56O. The Labute approximate surface area is 201 Å². The fourth-order valence-corrected chi connectivity index (χ4v) is 5.13. The predicted octanol–water partition coefficient (Wildman–Crippen LogP) is 10.1. The molecule has 0 aliphatic heterocycles. The van der Waals surface area contributed by atoms with E-state index in [0.717, 1.165) is 25.7 Å². The molecule has 0 aliphatic rings. The van der Waals surface area contributed by atoms with E-state index in [1.54, 1.807) is 16.7 Å². The molecule has 0 unspecified atom stereocenters. The summed E-state index contributed by atoms with van der Waals surface area (Å²) in [6.07, 6.45) is 24.8. The molecule has 1 nitrogen and oxygen atoms in total. The molecule has 186 valence electrons. The van der Waals surface area contributed by atoms with Crippen molar-refractivity contribution in [1.29, 1.82) is 0 Å². The SMILES string of the molecule is CCCCCCCCCc1c(O)c(CCCC)c(CCCC)c(CCCC)c1CCCC. The summed E-state index contributed by atoms with van der Waals surface area (Å²) >= 11 is 0. The van der Waals surface area contributed by atoms with Crippen LogP contribution in [-0.2, 0) is 32.1 Å². The fourth-order valence-electron chi connectivity index (χ4n) is 5.13. The number of rotatable bonds is 20. The van der Waals surface area contributed by atoms with E-state index < -0.39 is 0 Å². The van der Waals surface area contributed by atoms with Gasteiger partial charge < -0.3 is 5.11 Å². The maximum atomic E-state index is 11.6. The zero-order chi connectivity index (χ0) is 23.6. The average Bonchev–Trinajstić information content (AvgIpc) is 2.80. The standard InChI is InChI=1S/C31H56O/c1-6-11-16-17-18-19-20-25-30-28(23-14-9-4)26(21-12-7-2)27(22-13-8-3)29(31(30)32)24-15-10-5/h32H,6-25H2,1-5H3. The number of hydrogen-bond donors (Lipinski definition) is 1. The summed E-state index contributed by atoms with van der Waals surface area (Å²) in [5, 5.41) is 11.6. The van der Waals surface area contributed by atoms with Crippen molar-refractivity contribution in [2.75, 3.05) is 0 Å². The highest BCUT2D eigenvalue weighted by Gasteiger charge is 2.22. The molecule has 1 N–H and O–H groups in total. The van der Waals surface area contributed by atoms with Gasteiger partial charge in [0.25, 0.3) is 0 Å². The molecule has 0 bridgehead atoms. The Morgan fingerprint density at radius 1 is 0.344 bits per heavy atom. The van der Waals surface area contributed by atoms with Gasteiger partial charge in [0.15, 0.2) is 0 Å². The zero-order valence-electron chi connectivity index (χ0n) is 22.6. The minimum Gasteiger partial charge on any atom is -0.507 e. The fraction of sp³-hybridized carbons (Fsp3) is 0.806. The van der Waals surface area contributed by atoms with E-state index >= 15 is 0 Å². The van der Waals surface area contributed by atoms with E-state index in [2.05, 4.69) is 34.6 Å². The lowest BCUT2D eigenvalue weighted by Crippen LogP contribution is -2.11. The van der Waals surface area contributed by atoms with Crippen LogP contribution in [0.1, 0.15) is 159 Å². The number of hydrogen-bond acceptors (Lipinski definition) is 1. The average molecular weight is 445 g/mol. The summed E-state index contributed by atoms with van der Waals surface area (Å²) in [6, 6.07) is 0. The van der Waals surface area contributed by atoms with Crippen molar-refractivity contribution in [1.82, 2.24) is 0 Å². The van der Waals surface area contributed by atoms with Gasteiger partial charge in [-0.1, -0.05) is 98.8 Å². The third-order valence-electron chi connectivity index (χ3n) is 7.18. The molecule has 0 amide bonds. The van der Waals surface area contributed by atoms with Crippen molar-refractivity contribution in [3.63, 3.8) is 0 Å². The minimum atomic E-state index is 0.696. The second-order valence-corrected chi connectivity index (χ2v) is 10.0. The van der Waals surface area contributed by atoms with Crippen molar-refractivity contribution < 1.29 is 5.11 Å². The van der Waals surface area contributed by atoms with E-state index in [4.69, 9.17) is 0 Å². The first-order chi connectivity index (χ1) is 15.7. The Balaban J connectivity index is 3.28. The van der Waals surface area contributed by atoms with Gasteiger partial charge >= 0.3 is 0 Å². The lowest BCUT2D eigenvalue weighted by molar-refractivity contribution is 0.453. The number of phenols is 1. The van der Waals surface area contributed by atoms with Gasteiger partial charge in [0.05, 0.1) is 0 Å². The molecule has 32 heavy (non-hydrogen) atoms. The van der Waals surface area contributed by atoms with Crippen molar-refractivity contribution >= 4 is 0 Å². The molecule has 0 aromatic heterocycles. The Kier molecular flexibility index (Phi) is 16.7. The Hall–Kier alpha value is -0.980. The first-order valence-electron chi connectivity index (χ1n) is 14.5. The topological polar surface area (TPSA) is 20.2 Å². The minimum absolute atomic E-state index is 0.696. The van der Waals surface area contributed by atoms with Crippen LogP contribution in [0.25, 0.3) is 0 Å². The molecule has 1 aromatic carbocycles.